The van der Waals surface area contributed by atoms with E-state index in [1.807, 2.05) is 29.2 Å². The molecule has 1 N–H and O–H groups in total. The molecule has 0 saturated carbocycles. The van der Waals surface area contributed by atoms with Gasteiger partial charge in [0.2, 0.25) is 5.91 Å². The highest BCUT2D eigenvalue weighted by Gasteiger charge is 2.34. The molecule has 3 rings (SSSR count). The molecule has 0 aromatic heterocycles. The minimum atomic E-state index is -4.52. The van der Waals surface area contributed by atoms with Crippen molar-refractivity contribution in [3.05, 3.63) is 59.1 Å². The summed E-state index contributed by atoms with van der Waals surface area (Å²) in [6.45, 7) is 4.37. The summed E-state index contributed by atoms with van der Waals surface area (Å²) in [5, 5.41) is 3.10. The number of nitrogens with zero attached hydrogens (tertiary/aromatic N) is 2. The Labute approximate surface area is 166 Å². The average Bonchev–Trinajstić information content (AvgIpc) is 2.67. The molecule has 0 radical (unpaired) electrons. The molecule has 4 nitrogen and oxygen atoms in total. The molecule has 1 aliphatic heterocycles. The number of para-hydroxylation sites is 1. The Hall–Kier alpha value is -2.25. The number of halogens is 4. The van der Waals surface area contributed by atoms with Gasteiger partial charge in [-0.1, -0.05) is 29.8 Å². The Balaban J connectivity index is 1.61. The summed E-state index contributed by atoms with van der Waals surface area (Å²) in [6, 6.07) is 12.0. The largest absolute Gasteiger partial charge is 0.418 e. The lowest BCUT2D eigenvalue weighted by Crippen LogP contribution is -2.52. The van der Waals surface area contributed by atoms with Crippen LogP contribution in [0.4, 0.5) is 24.5 Å². The van der Waals surface area contributed by atoms with Crippen molar-refractivity contribution in [3.63, 3.8) is 0 Å². The van der Waals surface area contributed by atoms with Crippen molar-refractivity contribution in [1.82, 2.24) is 4.90 Å². The quantitative estimate of drug-likeness (QED) is 0.804. The van der Waals surface area contributed by atoms with Crippen LogP contribution in [0, 0.1) is 0 Å². The first-order chi connectivity index (χ1) is 13.3. The molecule has 8 heteroatoms. The van der Waals surface area contributed by atoms with Crippen molar-refractivity contribution in [2.24, 2.45) is 0 Å². The lowest BCUT2D eigenvalue weighted by Gasteiger charge is -2.38. The van der Waals surface area contributed by atoms with Crippen LogP contribution in [0.3, 0.4) is 0 Å². The number of rotatable bonds is 4. The first kappa shape index (κ1) is 20.5. The molecule has 0 unspecified atom stereocenters. The normalized spacial score (nSPS) is 16.7. The van der Waals surface area contributed by atoms with E-state index in [0.717, 1.165) is 11.8 Å². The van der Waals surface area contributed by atoms with Crippen LogP contribution in [0.15, 0.2) is 48.5 Å². The zero-order chi connectivity index (χ0) is 20.3. The maximum absolute atomic E-state index is 13.1. The molecule has 1 saturated heterocycles. The maximum Gasteiger partial charge on any atom is 0.418 e. The molecule has 0 aliphatic carbocycles. The highest BCUT2D eigenvalue weighted by atomic mass is 35.5. The van der Waals surface area contributed by atoms with Crippen molar-refractivity contribution in [2.75, 3.05) is 36.4 Å². The molecule has 150 valence electrons. The fraction of sp³-hybridized carbons (Fsp3) is 0.350. The highest BCUT2D eigenvalue weighted by molar-refractivity contribution is 6.30. The van der Waals surface area contributed by atoms with Gasteiger partial charge in [-0.3, -0.25) is 9.69 Å². The molecule has 0 bridgehead atoms. The number of anilines is 2. The predicted molar refractivity (Wildman–Crippen MR) is 105 cm³/mol. The van der Waals surface area contributed by atoms with E-state index in [4.69, 9.17) is 11.6 Å². The first-order valence-corrected chi connectivity index (χ1v) is 9.35. The Morgan fingerprint density at radius 3 is 2.39 bits per heavy atom. The average molecular weight is 412 g/mol. The number of hydrogen-bond acceptors (Lipinski definition) is 3. The number of alkyl halides is 3. The third kappa shape index (κ3) is 4.77. The van der Waals surface area contributed by atoms with Gasteiger partial charge < -0.3 is 10.2 Å². The fourth-order valence-corrected chi connectivity index (χ4v) is 3.47. The third-order valence-electron chi connectivity index (χ3n) is 4.91. The number of hydrogen-bond donors (Lipinski definition) is 1. The summed E-state index contributed by atoms with van der Waals surface area (Å²) in [7, 11) is 0. The summed E-state index contributed by atoms with van der Waals surface area (Å²) in [6.07, 6.45) is -4.52. The SMILES string of the molecule is C[C@H](C(=O)Nc1ccccc1C(F)(F)F)N1CCN(c2cccc(Cl)c2)CC1. The molecular weight excluding hydrogens is 391 g/mol. The zero-order valence-corrected chi connectivity index (χ0v) is 16.1. The second-order valence-corrected chi connectivity index (χ2v) is 7.15. The topological polar surface area (TPSA) is 35.6 Å². The van der Waals surface area contributed by atoms with Crippen molar-refractivity contribution < 1.29 is 18.0 Å². The van der Waals surface area contributed by atoms with Gasteiger partial charge in [0.05, 0.1) is 17.3 Å². The van der Waals surface area contributed by atoms with Crippen LogP contribution in [0.5, 0.6) is 0 Å². The molecule has 2 aromatic carbocycles. The number of carbonyl (C=O) groups is 1. The summed E-state index contributed by atoms with van der Waals surface area (Å²) < 4.78 is 39.3. The van der Waals surface area contributed by atoms with Gasteiger partial charge in [0.15, 0.2) is 0 Å². The lowest BCUT2D eigenvalue weighted by atomic mass is 10.1. The van der Waals surface area contributed by atoms with Gasteiger partial charge in [-0.15, -0.1) is 0 Å². The van der Waals surface area contributed by atoms with Crippen molar-refractivity contribution in [2.45, 2.75) is 19.1 Å². The van der Waals surface area contributed by atoms with Gasteiger partial charge in [-0.05, 0) is 37.3 Å². The number of piperazine rings is 1. The minimum Gasteiger partial charge on any atom is -0.369 e. The van der Waals surface area contributed by atoms with E-state index in [2.05, 4.69) is 10.2 Å². The molecule has 1 fully saturated rings. The number of nitrogens with one attached hydrogen (secondary N) is 1. The van der Waals surface area contributed by atoms with Crippen LogP contribution in [0.1, 0.15) is 12.5 Å². The zero-order valence-electron chi connectivity index (χ0n) is 15.3. The van der Waals surface area contributed by atoms with Gasteiger partial charge in [0.25, 0.3) is 0 Å². The van der Waals surface area contributed by atoms with Crippen molar-refractivity contribution in [3.8, 4) is 0 Å². The van der Waals surface area contributed by atoms with Gasteiger partial charge >= 0.3 is 6.18 Å². The van der Waals surface area contributed by atoms with Crippen molar-refractivity contribution >= 4 is 28.9 Å². The predicted octanol–water partition coefficient (Wildman–Crippen LogP) is 4.51. The third-order valence-corrected chi connectivity index (χ3v) is 5.14. The molecule has 2 aromatic rings. The smallest absolute Gasteiger partial charge is 0.369 e. The second-order valence-electron chi connectivity index (χ2n) is 6.71. The monoisotopic (exact) mass is 411 g/mol. The molecular formula is C20H21ClF3N3O. The van der Waals surface area contributed by atoms with Gasteiger partial charge in [0.1, 0.15) is 0 Å². The van der Waals surface area contributed by atoms with Gasteiger partial charge in [0, 0.05) is 36.9 Å². The molecule has 28 heavy (non-hydrogen) atoms. The van der Waals surface area contributed by atoms with E-state index >= 15 is 0 Å². The molecule has 1 aliphatic rings. The standard InChI is InChI=1S/C20H21ClF3N3O/c1-14(19(28)25-18-8-3-2-7-17(18)20(22,23)24)26-9-11-27(12-10-26)16-6-4-5-15(21)13-16/h2-8,13-14H,9-12H2,1H3,(H,25,28)/t14-/m1/s1. The summed E-state index contributed by atoms with van der Waals surface area (Å²) in [5.41, 5.74) is -0.0471. The Bertz CT molecular complexity index is 835. The van der Waals surface area contributed by atoms with E-state index < -0.39 is 23.7 Å². The van der Waals surface area contributed by atoms with Crippen LogP contribution in [-0.2, 0) is 11.0 Å². The second kappa shape index (κ2) is 8.41. The summed E-state index contributed by atoms with van der Waals surface area (Å²) in [5.74, 6) is -0.451. The van der Waals surface area contributed by atoms with Crippen molar-refractivity contribution in [1.29, 1.82) is 0 Å². The Morgan fingerprint density at radius 2 is 1.75 bits per heavy atom. The summed E-state index contributed by atoms with van der Waals surface area (Å²) >= 11 is 6.04. The fourth-order valence-electron chi connectivity index (χ4n) is 3.28. The van der Waals surface area contributed by atoms with E-state index in [1.165, 1.54) is 18.2 Å². The van der Waals surface area contributed by atoms with Crippen LogP contribution in [0.2, 0.25) is 5.02 Å². The van der Waals surface area contributed by atoms with Gasteiger partial charge in [-0.2, -0.15) is 13.2 Å². The Kier molecular flexibility index (Phi) is 6.15. The molecule has 1 atom stereocenters. The maximum atomic E-state index is 13.1. The summed E-state index contributed by atoms with van der Waals surface area (Å²) in [4.78, 5) is 16.7. The van der Waals surface area contributed by atoms with E-state index in [-0.39, 0.29) is 5.69 Å². The molecule has 1 amide bonds. The minimum absolute atomic E-state index is 0.218. The number of benzene rings is 2. The molecule has 1 heterocycles. The molecule has 0 spiro atoms. The van der Waals surface area contributed by atoms with E-state index in [0.29, 0.717) is 31.2 Å². The lowest BCUT2D eigenvalue weighted by molar-refractivity contribution is -0.137. The first-order valence-electron chi connectivity index (χ1n) is 8.97. The van der Waals surface area contributed by atoms with E-state index in [9.17, 15) is 18.0 Å². The van der Waals surface area contributed by atoms with Gasteiger partial charge in [-0.25, -0.2) is 0 Å². The van der Waals surface area contributed by atoms with Crippen LogP contribution in [0.25, 0.3) is 0 Å². The van der Waals surface area contributed by atoms with Crippen LogP contribution < -0.4 is 10.2 Å². The number of carbonyl (C=O) groups excluding carboxylic acids is 1. The van der Waals surface area contributed by atoms with E-state index in [1.54, 1.807) is 6.92 Å². The Morgan fingerprint density at radius 1 is 1.07 bits per heavy atom. The highest BCUT2D eigenvalue weighted by Crippen LogP contribution is 2.34. The van der Waals surface area contributed by atoms with Crippen LogP contribution >= 0.6 is 11.6 Å². The number of amides is 1. The van der Waals surface area contributed by atoms with Crippen LogP contribution in [-0.4, -0.2) is 43.0 Å².